The molecule has 3 rings (SSSR count). The highest BCUT2D eigenvalue weighted by Crippen LogP contribution is 2.39. The largest absolute Gasteiger partial charge is 0.379 e. The number of rotatable bonds is 2. The number of fused-ring (bicyclic) bond motifs is 1. The number of morpholine rings is 1. The van der Waals surface area contributed by atoms with E-state index in [0.717, 1.165) is 18.7 Å². The molecule has 0 spiro atoms. The smallest absolute Gasteiger partial charge is 0.234 e. The van der Waals surface area contributed by atoms with Crippen molar-refractivity contribution >= 4 is 11.8 Å². The molecule has 2 heterocycles. The third-order valence-electron chi connectivity index (χ3n) is 4.63. The van der Waals surface area contributed by atoms with Gasteiger partial charge in [0.05, 0.1) is 25.0 Å². The number of hydrogen-bond donors (Lipinski definition) is 0. The Morgan fingerprint density at radius 3 is 2.65 bits per heavy atom. The van der Waals surface area contributed by atoms with Gasteiger partial charge in [-0.05, 0) is 6.42 Å². The summed E-state index contributed by atoms with van der Waals surface area (Å²) < 4.78 is 5.38. The fourth-order valence-corrected chi connectivity index (χ4v) is 3.51. The molecule has 20 heavy (non-hydrogen) atoms. The predicted molar refractivity (Wildman–Crippen MR) is 73.8 cm³/mol. The van der Waals surface area contributed by atoms with Crippen LogP contribution in [0.2, 0.25) is 0 Å². The molecule has 0 aromatic carbocycles. The van der Waals surface area contributed by atoms with Gasteiger partial charge in [-0.2, -0.15) is 0 Å². The molecule has 0 radical (unpaired) electrons. The van der Waals surface area contributed by atoms with Crippen molar-refractivity contribution in [2.45, 2.75) is 12.5 Å². The van der Waals surface area contributed by atoms with E-state index in [2.05, 4.69) is 17.6 Å². The van der Waals surface area contributed by atoms with E-state index in [1.54, 1.807) is 13.1 Å². The minimum atomic E-state index is -0.241. The highest BCUT2D eigenvalue weighted by molar-refractivity contribution is 6.05. The third kappa shape index (κ3) is 2.01. The molecule has 2 amide bonds. The van der Waals surface area contributed by atoms with Crippen molar-refractivity contribution in [1.29, 1.82) is 0 Å². The Morgan fingerprint density at radius 2 is 2.00 bits per heavy atom. The van der Waals surface area contributed by atoms with Crippen LogP contribution in [0.4, 0.5) is 0 Å². The van der Waals surface area contributed by atoms with E-state index >= 15 is 0 Å². The summed E-state index contributed by atoms with van der Waals surface area (Å²) in [6.07, 6.45) is 4.55. The van der Waals surface area contributed by atoms with Crippen molar-refractivity contribution in [3.63, 3.8) is 0 Å². The molecule has 2 saturated heterocycles. The molecule has 0 aromatic rings. The average Bonchev–Trinajstić information content (AvgIpc) is 2.72. The maximum absolute atomic E-state index is 12.4. The molecule has 3 atom stereocenters. The molecule has 2 fully saturated rings. The van der Waals surface area contributed by atoms with Gasteiger partial charge in [-0.1, -0.05) is 24.3 Å². The molecule has 2 aliphatic heterocycles. The van der Waals surface area contributed by atoms with Crippen molar-refractivity contribution in [1.82, 2.24) is 9.80 Å². The Bertz CT molecular complexity index is 480. The van der Waals surface area contributed by atoms with Crippen molar-refractivity contribution in [2.24, 2.45) is 11.8 Å². The summed E-state index contributed by atoms with van der Waals surface area (Å²) in [5.41, 5.74) is 1.07. The Kier molecular flexibility index (Phi) is 3.48. The van der Waals surface area contributed by atoms with Crippen LogP contribution in [-0.4, -0.2) is 61.0 Å². The summed E-state index contributed by atoms with van der Waals surface area (Å²) in [7, 11) is 1.59. The van der Waals surface area contributed by atoms with Gasteiger partial charge < -0.3 is 4.74 Å². The SMILES string of the molecule is C=CC1=C[C@@H](N2CCOCC2)[C@H]2C(=O)N(C)C(=O)[C@H]2C1. The monoisotopic (exact) mass is 276 g/mol. The minimum absolute atomic E-state index is 0.00736. The van der Waals surface area contributed by atoms with E-state index in [1.807, 2.05) is 0 Å². The Labute approximate surface area is 118 Å². The van der Waals surface area contributed by atoms with Gasteiger partial charge in [-0.15, -0.1) is 0 Å². The third-order valence-corrected chi connectivity index (χ3v) is 4.63. The maximum atomic E-state index is 12.4. The zero-order valence-corrected chi connectivity index (χ0v) is 11.7. The Balaban J connectivity index is 1.94. The zero-order chi connectivity index (χ0) is 14.3. The van der Waals surface area contributed by atoms with Crippen molar-refractivity contribution < 1.29 is 14.3 Å². The van der Waals surface area contributed by atoms with Gasteiger partial charge >= 0.3 is 0 Å². The van der Waals surface area contributed by atoms with Crippen molar-refractivity contribution in [2.75, 3.05) is 33.4 Å². The second kappa shape index (κ2) is 5.14. The lowest BCUT2D eigenvalue weighted by molar-refractivity contribution is -0.138. The van der Waals surface area contributed by atoms with Gasteiger partial charge in [0, 0.05) is 26.2 Å². The Morgan fingerprint density at radius 1 is 1.30 bits per heavy atom. The molecular weight excluding hydrogens is 256 g/mol. The number of imide groups is 1. The Hall–Kier alpha value is -1.46. The van der Waals surface area contributed by atoms with Crippen LogP contribution in [0.15, 0.2) is 24.3 Å². The fraction of sp³-hybridized carbons (Fsp3) is 0.600. The summed E-state index contributed by atoms with van der Waals surface area (Å²) in [5, 5.41) is 0. The number of hydrogen-bond acceptors (Lipinski definition) is 4. The predicted octanol–water partition coefficient (Wildman–Crippen LogP) is 0.434. The average molecular weight is 276 g/mol. The lowest BCUT2D eigenvalue weighted by Gasteiger charge is -2.39. The van der Waals surface area contributed by atoms with Crippen LogP contribution in [0, 0.1) is 11.8 Å². The first kappa shape index (κ1) is 13.5. The summed E-state index contributed by atoms with van der Waals surface area (Å²) in [6, 6.07) is -0.00736. The van der Waals surface area contributed by atoms with Crippen molar-refractivity contribution in [3.8, 4) is 0 Å². The quantitative estimate of drug-likeness (QED) is 0.687. The lowest BCUT2D eigenvalue weighted by Crippen LogP contribution is -2.50. The molecule has 0 bridgehead atoms. The molecule has 0 saturated carbocycles. The summed E-state index contributed by atoms with van der Waals surface area (Å²) >= 11 is 0. The summed E-state index contributed by atoms with van der Waals surface area (Å²) in [5.74, 6) is -0.561. The van der Waals surface area contributed by atoms with Crippen LogP contribution < -0.4 is 0 Å². The molecular formula is C15H20N2O3. The van der Waals surface area contributed by atoms with E-state index in [9.17, 15) is 9.59 Å². The van der Waals surface area contributed by atoms with Crippen LogP contribution in [0.3, 0.4) is 0 Å². The highest BCUT2D eigenvalue weighted by atomic mass is 16.5. The highest BCUT2D eigenvalue weighted by Gasteiger charge is 2.52. The van der Waals surface area contributed by atoms with Crippen LogP contribution in [0.25, 0.3) is 0 Å². The standard InChI is InChI=1S/C15H20N2O3/c1-3-10-8-11-13(15(19)16(2)14(11)18)12(9-10)17-4-6-20-7-5-17/h3,9,11-13H,1,4-8H2,2H3/t11-,12+,13-/m0/s1. The molecule has 3 aliphatic rings. The van der Waals surface area contributed by atoms with E-state index in [0.29, 0.717) is 19.6 Å². The van der Waals surface area contributed by atoms with Crippen LogP contribution in [0.5, 0.6) is 0 Å². The van der Waals surface area contributed by atoms with E-state index in [4.69, 9.17) is 4.74 Å². The van der Waals surface area contributed by atoms with Crippen LogP contribution in [0.1, 0.15) is 6.42 Å². The molecule has 0 unspecified atom stereocenters. The second-order valence-electron chi connectivity index (χ2n) is 5.66. The maximum Gasteiger partial charge on any atom is 0.234 e. The first-order chi connectivity index (χ1) is 9.63. The van der Waals surface area contributed by atoms with Crippen LogP contribution >= 0.6 is 0 Å². The van der Waals surface area contributed by atoms with E-state index < -0.39 is 0 Å². The summed E-state index contributed by atoms with van der Waals surface area (Å²) in [4.78, 5) is 28.2. The number of amides is 2. The molecule has 0 aromatic heterocycles. The fourth-order valence-electron chi connectivity index (χ4n) is 3.51. The van der Waals surface area contributed by atoms with Crippen molar-refractivity contribution in [3.05, 3.63) is 24.3 Å². The molecule has 1 aliphatic carbocycles. The first-order valence-corrected chi connectivity index (χ1v) is 7.10. The number of nitrogens with zero attached hydrogens (tertiary/aromatic N) is 2. The zero-order valence-electron chi connectivity index (χ0n) is 11.7. The van der Waals surface area contributed by atoms with Gasteiger partial charge in [-0.25, -0.2) is 0 Å². The molecule has 108 valence electrons. The van der Waals surface area contributed by atoms with Gasteiger partial charge in [0.1, 0.15) is 0 Å². The van der Waals surface area contributed by atoms with Crippen LogP contribution in [-0.2, 0) is 14.3 Å². The number of ether oxygens (including phenoxy) is 1. The van der Waals surface area contributed by atoms with E-state index in [1.165, 1.54) is 4.90 Å². The molecule has 5 heteroatoms. The van der Waals surface area contributed by atoms with E-state index in [-0.39, 0.29) is 29.7 Å². The van der Waals surface area contributed by atoms with Gasteiger partial charge in [0.15, 0.2) is 0 Å². The van der Waals surface area contributed by atoms with Gasteiger partial charge in [0.2, 0.25) is 11.8 Å². The first-order valence-electron chi connectivity index (χ1n) is 7.10. The topological polar surface area (TPSA) is 49.9 Å². The van der Waals surface area contributed by atoms with Gasteiger partial charge in [0.25, 0.3) is 0 Å². The second-order valence-corrected chi connectivity index (χ2v) is 5.66. The lowest BCUT2D eigenvalue weighted by atomic mass is 9.77. The molecule has 5 nitrogen and oxygen atoms in total. The molecule has 0 N–H and O–H groups in total. The number of carbonyl (C=O) groups is 2. The van der Waals surface area contributed by atoms with Gasteiger partial charge in [-0.3, -0.25) is 19.4 Å². The number of likely N-dealkylation sites (tertiary alicyclic amines) is 1. The number of carbonyl (C=O) groups excluding carboxylic acids is 2. The number of allylic oxidation sites excluding steroid dienone is 2. The normalized spacial score (nSPS) is 35.0. The minimum Gasteiger partial charge on any atom is -0.379 e. The summed E-state index contributed by atoms with van der Waals surface area (Å²) in [6.45, 7) is 6.80.